The van der Waals surface area contributed by atoms with Crippen LogP contribution in [0.15, 0.2) is 98.1 Å². The zero-order chi connectivity index (χ0) is 48.1. The van der Waals surface area contributed by atoms with Crippen LogP contribution in [0.4, 0.5) is 34.8 Å². The first kappa shape index (κ1) is 48.3. The Labute approximate surface area is 372 Å². The number of nitrogens with two attached hydrogens (primary N) is 4. The molecule has 0 saturated carbocycles. The number of nitrogens with zero attached hydrogens (tertiary/aromatic N) is 5. The number of benzene rings is 2. The Morgan fingerprint density at radius 1 is 0.864 bits per heavy atom. The predicted octanol–water partition coefficient (Wildman–Crippen LogP) is -0.144. The van der Waals surface area contributed by atoms with E-state index in [-0.39, 0.29) is 52.0 Å². The molecule has 4 heterocycles. The molecule has 7 rings (SSSR count). The minimum atomic E-state index is -3.58. The molecule has 1 aliphatic heterocycles. The standard InChI is InChI=1S/C19H21N7O6.C14H14N6O3.C6H8N2O2S/c20-19-25-15-14(17(30)26-19)23-11(8-22-15)7-21-10-3-1-9(2-4-10)16(29)24-12(18(31)32)5-6-13(27)28;15-14-19-11-10(12(21)20-14)18-9(6-17-11)5-16-8-3-1-7(2-4-8)13(22)23;7-5-1-3-6(4-2-5)11(8,9)10/h1-4,12,21H,5-8H2,(H,24,29)(H,27,28)(H,31,32)(H4,20,22,25,26,30);1,3-4,6-7,16H,2,5H2,(H,22,23)(H3,15,17,19,20,21);1-4H,7H2,(H2,8,9,10). The number of hydrogen-bond donors (Lipinski definition) is 13. The van der Waals surface area contributed by atoms with Crippen molar-refractivity contribution in [2.75, 3.05) is 40.9 Å². The van der Waals surface area contributed by atoms with Crippen molar-refractivity contribution in [3.8, 4) is 0 Å². The van der Waals surface area contributed by atoms with Crippen LogP contribution in [0.25, 0.3) is 11.2 Å². The van der Waals surface area contributed by atoms with Crippen LogP contribution in [0.1, 0.15) is 35.3 Å². The van der Waals surface area contributed by atoms with E-state index in [1.807, 2.05) is 6.08 Å². The predicted molar refractivity (Wildman–Crippen MR) is 240 cm³/mol. The molecular weight excluding hydrogens is 887 g/mol. The smallest absolute Gasteiger partial charge is 0.326 e. The number of hydrogen-bond acceptors (Lipinski definition) is 19. The summed E-state index contributed by atoms with van der Waals surface area (Å²) in [6.45, 7) is 1.03. The number of anilines is 5. The third kappa shape index (κ3) is 13.9. The van der Waals surface area contributed by atoms with Gasteiger partial charge in [0.2, 0.25) is 21.9 Å². The van der Waals surface area contributed by atoms with Crippen molar-refractivity contribution >= 4 is 85.5 Å². The number of rotatable bonds is 14. The van der Waals surface area contributed by atoms with Crippen molar-refractivity contribution < 1.29 is 42.9 Å². The number of aromatic amines is 2. The zero-order valence-electron chi connectivity index (χ0n) is 34.4. The molecule has 0 saturated heterocycles. The van der Waals surface area contributed by atoms with E-state index in [4.69, 9.17) is 37.7 Å². The van der Waals surface area contributed by atoms with Gasteiger partial charge < -0.3 is 53.8 Å². The summed E-state index contributed by atoms with van der Waals surface area (Å²) in [6.07, 6.45) is 6.50. The Hall–Kier alpha value is -8.72. The first-order chi connectivity index (χ1) is 31.2. The van der Waals surface area contributed by atoms with E-state index in [0.29, 0.717) is 54.7 Å². The number of H-pyrrole nitrogens is 2. The molecule has 66 heavy (non-hydrogen) atoms. The SMILES string of the molecule is Nc1ccc(S(N)(=O)=O)cc1.Nc1nc2c(c(=O)[nH]1)N=C(CNc1ccc(C(=O)NC(CCC(=O)O)C(=O)O)cc1)CN2.Nc1nc2ncc(CNC3=CCC(C(=O)O)C=C3)nc2c(=O)[nH]1. The van der Waals surface area contributed by atoms with E-state index in [1.54, 1.807) is 24.3 Å². The molecule has 3 aromatic heterocycles. The summed E-state index contributed by atoms with van der Waals surface area (Å²) in [4.78, 5) is 94.0. The van der Waals surface area contributed by atoms with Gasteiger partial charge in [0.15, 0.2) is 22.7 Å². The number of fused-ring (bicyclic) bond motifs is 2. The van der Waals surface area contributed by atoms with Crippen LogP contribution < -0.4 is 54.7 Å². The lowest BCUT2D eigenvalue weighted by atomic mass is 10.00. The number of aromatic nitrogens is 6. The van der Waals surface area contributed by atoms with E-state index in [2.05, 4.69) is 56.2 Å². The Balaban J connectivity index is 0.000000208. The highest BCUT2D eigenvalue weighted by atomic mass is 32.2. The number of carbonyl (C=O) groups excluding carboxylic acids is 1. The fourth-order valence-electron chi connectivity index (χ4n) is 5.75. The van der Waals surface area contributed by atoms with Gasteiger partial charge in [-0.3, -0.25) is 33.9 Å². The Kier molecular flexibility index (Phi) is 15.8. The number of allylic oxidation sites excluding steroid dienone is 2. The van der Waals surface area contributed by atoms with Gasteiger partial charge in [-0.15, -0.1) is 0 Å². The Morgan fingerprint density at radius 3 is 2.17 bits per heavy atom. The monoisotopic (exact) mass is 929 g/mol. The number of carboxylic acids is 3. The van der Waals surface area contributed by atoms with Crippen molar-refractivity contribution in [2.24, 2.45) is 16.0 Å². The molecule has 2 aromatic carbocycles. The molecule has 26 nitrogen and oxygen atoms in total. The van der Waals surface area contributed by atoms with Gasteiger partial charge in [-0.25, -0.2) is 33.3 Å². The second-order valence-electron chi connectivity index (χ2n) is 14.1. The fourth-order valence-corrected chi connectivity index (χ4v) is 6.26. The van der Waals surface area contributed by atoms with E-state index in [1.165, 1.54) is 42.6 Å². The van der Waals surface area contributed by atoms with E-state index in [0.717, 1.165) is 5.70 Å². The maximum absolute atomic E-state index is 12.3. The molecular formula is C39H43N15O11S. The van der Waals surface area contributed by atoms with Crippen LogP contribution in [-0.2, 0) is 31.0 Å². The van der Waals surface area contributed by atoms with Gasteiger partial charge in [-0.1, -0.05) is 12.2 Å². The minimum absolute atomic E-state index is 0.00119. The van der Waals surface area contributed by atoms with E-state index < -0.39 is 56.9 Å². The highest BCUT2D eigenvalue weighted by Gasteiger charge is 2.22. The molecule has 0 radical (unpaired) electrons. The normalized spacial score (nSPS) is 14.2. The van der Waals surface area contributed by atoms with Crippen LogP contribution in [0.2, 0.25) is 0 Å². The first-order valence-corrected chi connectivity index (χ1v) is 20.8. The van der Waals surface area contributed by atoms with Crippen molar-refractivity contribution in [3.63, 3.8) is 0 Å². The van der Waals surface area contributed by atoms with Gasteiger partial charge in [0.05, 0.1) is 48.1 Å². The van der Waals surface area contributed by atoms with Crippen molar-refractivity contribution in [1.82, 2.24) is 40.5 Å². The number of amides is 1. The molecule has 1 amide bonds. The largest absolute Gasteiger partial charge is 0.481 e. The van der Waals surface area contributed by atoms with Gasteiger partial charge in [0, 0.05) is 29.1 Å². The maximum atomic E-state index is 12.3. The summed E-state index contributed by atoms with van der Waals surface area (Å²) < 4.78 is 21.4. The van der Waals surface area contributed by atoms with Crippen LogP contribution in [0, 0.1) is 5.92 Å². The molecule has 2 aliphatic rings. The minimum Gasteiger partial charge on any atom is -0.481 e. The molecule has 2 unspecified atom stereocenters. The highest BCUT2D eigenvalue weighted by Crippen LogP contribution is 2.22. The molecule has 2 atom stereocenters. The second-order valence-corrected chi connectivity index (χ2v) is 15.6. The van der Waals surface area contributed by atoms with Crippen LogP contribution >= 0.6 is 0 Å². The number of carbonyl (C=O) groups is 4. The fraction of sp³-hybridized carbons (Fsp3) is 0.205. The Morgan fingerprint density at radius 2 is 1.55 bits per heavy atom. The zero-order valence-corrected chi connectivity index (χ0v) is 35.2. The third-order valence-electron chi connectivity index (χ3n) is 9.12. The average molecular weight is 930 g/mol. The molecule has 17 N–H and O–H groups in total. The van der Waals surface area contributed by atoms with E-state index in [9.17, 15) is 37.2 Å². The second kappa shape index (κ2) is 21.6. The quantitative estimate of drug-likeness (QED) is 0.0644. The lowest BCUT2D eigenvalue weighted by Crippen LogP contribution is -2.41. The third-order valence-corrected chi connectivity index (χ3v) is 10.1. The van der Waals surface area contributed by atoms with Gasteiger partial charge in [-0.2, -0.15) is 9.97 Å². The summed E-state index contributed by atoms with van der Waals surface area (Å²) in [6, 6.07) is 10.7. The first-order valence-electron chi connectivity index (χ1n) is 19.3. The average Bonchev–Trinajstić information content (AvgIpc) is 3.27. The van der Waals surface area contributed by atoms with Gasteiger partial charge in [0.1, 0.15) is 6.04 Å². The van der Waals surface area contributed by atoms with Gasteiger partial charge in [0.25, 0.3) is 17.0 Å². The van der Waals surface area contributed by atoms with Crippen molar-refractivity contribution in [1.29, 1.82) is 0 Å². The molecule has 27 heteroatoms. The number of sulfonamides is 1. The summed E-state index contributed by atoms with van der Waals surface area (Å²) in [5.74, 6) is -4.11. The number of carboxylic acid groups (broad SMARTS) is 3. The summed E-state index contributed by atoms with van der Waals surface area (Å²) >= 11 is 0. The lowest BCUT2D eigenvalue weighted by Gasteiger charge is -2.17. The van der Waals surface area contributed by atoms with Crippen LogP contribution in [0.3, 0.4) is 0 Å². The molecule has 346 valence electrons. The molecule has 0 bridgehead atoms. The van der Waals surface area contributed by atoms with Crippen molar-refractivity contribution in [3.05, 3.63) is 111 Å². The topological polar surface area (TPSA) is 445 Å². The Bertz CT molecular complexity index is 2960. The maximum Gasteiger partial charge on any atom is 0.326 e. The number of aliphatic carboxylic acids is 3. The molecule has 5 aromatic rings. The van der Waals surface area contributed by atoms with Crippen LogP contribution in [-0.4, -0.2) is 102 Å². The number of primary sulfonamides is 1. The summed E-state index contributed by atoms with van der Waals surface area (Å²) in [5.41, 5.74) is 19.3. The molecule has 0 spiro atoms. The summed E-state index contributed by atoms with van der Waals surface area (Å²) in [5, 5.41) is 43.1. The number of nitrogen functional groups attached to an aromatic ring is 3. The highest BCUT2D eigenvalue weighted by molar-refractivity contribution is 7.89. The van der Waals surface area contributed by atoms with Crippen LogP contribution in [0.5, 0.6) is 0 Å². The summed E-state index contributed by atoms with van der Waals surface area (Å²) in [7, 11) is -3.58. The lowest BCUT2D eigenvalue weighted by molar-refractivity contribution is -0.141. The van der Waals surface area contributed by atoms with Crippen molar-refractivity contribution in [2.45, 2.75) is 36.7 Å². The molecule has 0 fully saturated rings. The number of aliphatic imine (C=N–C) groups is 1. The number of nitrogens with one attached hydrogen (secondary N) is 6. The van der Waals surface area contributed by atoms with Gasteiger partial charge >= 0.3 is 17.9 Å². The van der Waals surface area contributed by atoms with Gasteiger partial charge in [-0.05, 0) is 67.4 Å². The van der Waals surface area contributed by atoms with E-state index >= 15 is 0 Å². The molecule has 1 aliphatic carbocycles.